The molecular weight excluding hydrogens is 208 g/mol. The maximum Gasteiger partial charge on any atom is 0.313 e. The molecule has 0 aliphatic heterocycles. The standard InChI is InChI=1S/C8H9ClN2O3/c1-4(8(13)14-2)5-3-6(9)10-11-7(5)12/h3-4H,1-2H3,(H,11,12). The summed E-state index contributed by atoms with van der Waals surface area (Å²) < 4.78 is 4.52. The van der Waals surface area contributed by atoms with E-state index < -0.39 is 11.9 Å². The second kappa shape index (κ2) is 4.23. The average molecular weight is 217 g/mol. The third-order valence-corrected chi connectivity index (χ3v) is 1.98. The van der Waals surface area contributed by atoms with Gasteiger partial charge in [-0.25, -0.2) is 0 Å². The number of carbonyl (C=O) groups is 1. The third-order valence-electron chi connectivity index (χ3n) is 1.79. The molecule has 0 saturated carbocycles. The van der Waals surface area contributed by atoms with E-state index in [4.69, 9.17) is 11.6 Å². The largest absolute Gasteiger partial charge is 0.492 e. The first-order valence-corrected chi connectivity index (χ1v) is 4.24. The van der Waals surface area contributed by atoms with Crippen molar-refractivity contribution in [3.05, 3.63) is 16.8 Å². The van der Waals surface area contributed by atoms with Gasteiger partial charge in [0.2, 0.25) is 5.88 Å². The SMILES string of the molecule is COC(=O)C(C)c1cc(Cl)nnc1O. The van der Waals surface area contributed by atoms with Crippen LogP contribution in [-0.2, 0) is 9.53 Å². The van der Waals surface area contributed by atoms with Crippen molar-refractivity contribution in [3.63, 3.8) is 0 Å². The Morgan fingerprint density at radius 1 is 1.64 bits per heavy atom. The van der Waals surface area contributed by atoms with Gasteiger partial charge in [0.15, 0.2) is 5.15 Å². The summed E-state index contributed by atoms with van der Waals surface area (Å²) >= 11 is 5.57. The fourth-order valence-corrected chi connectivity index (χ4v) is 1.15. The van der Waals surface area contributed by atoms with Crippen LogP contribution in [-0.4, -0.2) is 28.4 Å². The maximum atomic E-state index is 11.2. The number of esters is 1. The average Bonchev–Trinajstić information content (AvgIpc) is 2.19. The zero-order chi connectivity index (χ0) is 10.7. The molecule has 1 aromatic rings. The summed E-state index contributed by atoms with van der Waals surface area (Å²) in [5.41, 5.74) is 0.303. The molecule has 5 nitrogen and oxygen atoms in total. The molecule has 14 heavy (non-hydrogen) atoms. The molecule has 0 aromatic carbocycles. The molecular formula is C8H9ClN2O3. The van der Waals surface area contributed by atoms with Crippen molar-refractivity contribution >= 4 is 17.6 Å². The minimum atomic E-state index is -0.618. The van der Waals surface area contributed by atoms with Crippen LogP contribution < -0.4 is 0 Å². The molecule has 1 atom stereocenters. The highest BCUT2D eigenvalue weighted by Gasteiger charge is 2.20. The Balaban J connectivity index is 3.05. The zero-order valence-electron chi connectivity index (χ0n) is 7.69. The number of aromatic nitrogens is 2. The monoisotopic (exact) mass is 216 g/mol. The Bertz CT molecular complexity index is 356. The van der Waals surface area contributed by atoms with Gasteiger partial charge < -0.3 is 9.84 Å². The van der Waals surface area contributed by atoms with Crippen LogP contribution in [0.5, 0.6) is 5.88 Å². The second-order valence-corrected chi connectivity index (χ2v) is 3.08. The molecule has 0 radical (unpaired) electrons. The van der Waals surface area contributed by atoms with Gasteiger partial charge >= 0.3 is 5.97 Å². The highest BCUT2D eigenvalue weighted by atomic mass is 35.5. The highest BCUT2D eigenvalue weighted by Crippen LogP contribution is 2.25. The number of halogens is 1. The summed E-state index contributed by atoms with van der Waals surface area (Å²) in [5.74, 6) is -1.40. The Hall–Kier alpha value is -1.36. The van der Waals surface area contributed by atoms with Crippen LogP contribution in [0.3, 0.4) is 0 Å². The number of nitrogens with zero attached hydrogens (tertiary/aromatic N) is 2. The fraction of sp³-hybridized carbons (Fsp3) is 0.375. The Kier molecular flexibility index (Phi) is 3.24. The summed E-state index contributed by atoms with van der Waals surface area (Å²) in [6.07, 6.45) is 0. The minimum absolute atomic E-state index is 0.119. The van der Waals surface area contributed by atoms with Crippen LogP contribution in [0.15, 0.2) is 6.07 Å². The van der Waals surface area contributed by atoms with Gasteiger partial charge in [0.25, 0.3) is 0 Å². The summed E-state index contributed by atoms with van der Waals surface area (Å²) in [4.78, 5) is 11.2. The maximum absolute atomic E-state index is 11.2. The third kappa shape index (κ3) is 2.11. The Morgan fingerprint density at radius 2 is 2.29 bits per heavy atom. The predicted octanol–water partition coefficient (Wildman–Crippen LogP) is 1.11. The van der Waals surface area contributed by atoms with E-state index in [0.29, 0.717) is 5.56 Å². The number of ether oxygens (including phenoxy) is 1. The molecule has 0 spiro atoms. The van der Waals surface area contributed by atoms with Crippen molar-refractivity contribution in [2.75, 3.05) is 7.11 Å². The van der Waals surface area contributed by atoms with Crippen LogP contribution in [0, 0.1) is 0 Å². The van der Waals surface area contributed by atoms with Crippen molar-refractivity contribution in [1.29, 1.82) is 0 Å². The molecule has 0 aliphatic carbocycles. The lowest BCUT2D eigenvalue weighted by atomic mass is 10.0. The lowest BCUT2D eigenvalue weighted by Crippen LogP contribution is -2.11. The van der Waals surface area contributed by atoms with Gasteiger partial charge in [0.1, 0.15) is 0 Å². The highest BCUT2D eigenvalue weighted by molar-refractivity contribution is 6.29. The summed E-state index contributed by atoms with van der Waals surface area (Å²) in [7, 11) is 1.27. The van der Waals surface area contributed by atoms with Gasteiger partial charge in [-0.05, 0) is 13.0 Å². The topological polar surface area (TPSA) is 72.3 Å². The van der Waals surface area contributed by atoms with Crippen molar-refractivity contribution in [3.8, 4) is 5.88 Å². The summed E-state index contributed by atoms with van der Waals surface area (Å²) in [6.45, 7) is 1.58. The normalized spacial score (nSPS) is 12.2. The predicted molar refractivity (Wildman–Crippen MR) is 49.1 cm³/mol. The molecule has 0 fully saturated rings. The van der Waals surface area contributed by atoms with E-state index in [-0.39, 0.29) is 11.0 Å². The van der Waals surface area contributed by atoms with Gasteiger partial charge in [0, 0.05) is 5.56 Å². The number of hydrogen-bond acceptors (Lipinski definition) is 5. The van der Waals surface area contributed by atoms with E-state index in [1.165, 1.54) is 13.2 Å². The summed E-state index contributed by atoms with van der Waals surface area (Å²) in [6, 6.07) is 1.38. The molecule has 0 amide bonds. The Labute approximate surface area is 85.7 Å². The van der Waals surface area contributed by atoms with Crippen LogP contribution in [0.25, 0.3) is 0 Å². The molecule has 0 aliphatic rings. The van der Waals surface area contributed by atoms with Crippen molar-refractivity contribution in [2.24, 2.45) is 0 Å². The van der Waals surface area contributed by atoms with Gasteiger partial charge in [-0.3, -0.25) is 4.79 Å². The van der Waals surface area contributed by atoms with Crippen LogP contribution >= 0.6 is 11.6 Å². The van der Waals surface area contributed by atoms with E-state index in [1.54, 1.807) is 6.92 Å². The molecule has 1 unspecified atom stereocenters. The van der Waals surface area contributed by atoms with E-state index in [9.17, 15) is 9.90 Å². The van der Waals surface area contributed by atoms with Crippen molar-refractivity contribution < 1.29 is 14.6 Å². The Morgan fingerprint density at radius 3 is 2.86 bits per heavy atom. The van der Waals surface area contributed by atoms with Crippen molar-refractivity contribution in [2.45, 2.75) is 12.8 Å². The number of aromatic hydroxyl groups is 1. The quantitative estimate of drug-likeness (QED) is 0.750. The van der Waals surface area contributed by atoms with E-state index >= 15 is 0 Å². The number of hydrogen-bond donors (Lipinski definition) is 1. The zero-order valence-corrected chi connectivity index (χ0v) is 8.45. The first-order valence-electron chi connectivity index (χ1n) is 3.86. The van der Waals surface area contributed by atoms with E-state index in [0.717, 1.165) is 0 Å². The lowest BCUT2D eigenvalue weighted by Gasteiger charge is -2.09. The number of methoxy groups -OCH3 is 1. The molecule has 1 heterocycles. The first kappa shape index (κ1) is 10.7. The smallest absolute Gasteiger partial charge is 0.313 e. The molecule has 0 saturated heterocycles. The molecule has 1 N–H and O–H groups in total. The molecule has 76 valence electrons. The van der Waals surface area contributed by atoms with Crippen LogP contribution in [0.2, 0.25) is 5.15 Å². The molecule has 0 bridgehead atoms. The molecule has 6 heteroatoms. The number of carbonyl (C=O) groups excluding carboxylic acids is 1. The number of rotatable bonds is 2. The lowest BCUT2D eigenvalue weighted by molar-refractivity contribution is -0.142. The molecule has 1 rings (SSSR count). The van der Waals surface area contributed by atoms with Crippen LogP contribution in [0.1, 0.15) is 18.4 Å². The fourth-order valence-electron chi connectivity index (χ4n) is 0.997. The van der Waals surface area contributed by atoms with Gasteiger partial charge in [0.05, 0.1) is 13.0 Å². The minimum Gasteiger partial charge on any atom is -0.492 e. The van der Waals surface area contributed by atoms with Crippen LogP contribution in [0.4, 0.5) is 0 Å². The second-order valence-electron chi connectivity index (χ2n) is 2.69. The molecule has 1 aromatic heterocycles. The van der Waals surface area contributed by atoms with Crippen molar-refractivity contribution in [1.82, 2.24) is 10.2 Å². The first-order chi connectivity index (χ1) is 6.56. The van der Waals surface area contributed by atoms with Gasteiger partial charge in [-0.2, -0.15) is 0 Å². The van der Waals surface area contributed by atoms with Gasteiger partial charge in [-0.1, -0.05) is 11.6 Å². The van der Waals surface area contributed by atoms with E-state index in [2.05, 4.69) is 14.9 Å². The van der Waals surface area contributed by atoms with E-state index in [1.807, 2.05) is 0 Å². The summed E-state index contributed by atoms with van der Waals surface area (Å²) in [5, 5.41) is 16.2. The van der Waals surface area contributed by atoms with Gasteiger partial charge in [-0.15, -0.1) is 10.2 Å².